The number of rotatable bonds is 2. The number of hydrogen-bond donors (Lipinski definition) is 1. The first-order valence-corrected chi connectivity index (χ1v) is 10.2. The fourth-order valence-electron chi connectivity index (χ4n) is 4.66. The fourth-order valence-corrected chi connectivity index (χ4v) is 4.92. The molecule has 0 radical (unpaired) electrons. The molecule has 1 spiro atoms. The Labute approximate surface area is 173 Å². The van der Waals surface area contributed by atoms with Crippen LogP contribution in [-0.2, 0) is 34.6 Å². The lowest BCUT2D eigenvalue weighted by molar-refractivity contribution is -0.132. The lowest BCUT2D eigenvalue weighted by atomic mass is 9.84. The van der Waals surface area contributed by atoms with Crippen molar-refractivity contribution < 1.29 is 19.1 Å². The molecule has 0 saturated carbocycles. The molecule has 0 aromatic heterocycles. The lowest BCUT2D eigenvalue weighted by Gasteiger charge is -2.28. The quantitative estimate of drug-likeness (QED) is 0.760. The Morgan fingerprint density at radius 1 is 1.14 bits per heavy atom. The molecule has 5 rings (SSSR count). The lowest BCUT2D eigenvalue weighted by Crippen LogP contribution is -2.44. The van der Waals surface area contributed by atoms with Crippen LogP contribution in [0.25, 0.3) is 0 Å². The van der Waals surface area contributed by atoms with Crippen LogP contribution in [0.3, 0.4) is 0 Å². The molecular formula is C22H21ClN2O4. The summed E-state index contributed by atoms with van der Waals surface area (Å²) in [5, 5.41) is 3.54. The van der Waals surface area contributed by atoms with E-state index in [1.165, 1.54) is 4.90 Å². The molecule has 2 aliphatic heterocycles. The van der Waals surface area contributed by atoms with E-state index in [0.717, 1.165) is 36.0 Å². The third-order valence-corrected chi connectivity index (χ3v) is 6.20. The SMILES string of the molecule is O=C1N[C@]2(CCCCc3ccccc32)C(=O)N1Cc1cc(Cl)cc2c1OCOC2. The number of benzene rings is 2. The highest BCUT2D eigenvalue weighted by molar-refractivity contribution is 6.30. The van der Waals surface area contributed by atoms with Crippen molar-refractivity contribution in [2.75, 3.05) is 6.79 Å². The number of amides is 3. The van der Waals surface area contributed by atoms with Gasteiger partial charge < -0.3 is 14.8 Å². The molecule has 1 fully saturated rings. The largest absolute Gasteiger partial charge is 0.467 e. The second-order valence-electron chi connectivity index (χ2n) is 7.75. The van der Waals surface area contributed by atoms with E-state index < -0.39 is 5.54 Å². The number of nitrogens with zero attached hydrogens (tertiary/aromatic N) is 1. The Morgan fingerprint density at radius 2 is 2.00 bits per heavy atom. The van der Waals surface area contributed by atoms with Crippen LogP contribution in [0.1, 0.15) is 41.5 Å². The van der Waals surface area contributed by atoms with Crippen LogP contribution in [0.15, 0.2) is 36.4 Å². The van der Waals surface area contributed by atoms with Crippen molar-refractivity contribution in [3.05, 3.63) is 63.7 Å². The van der Waals surface area contributed by atoms with E-state index in [4.69, 9.17) is 21.1 Å². The van der Waals surface area contributed by atoms with Crippen molar-refractivity contribution in [1.29, 1.82) is 0 Å². The molecule has 7 heteroatoms. The Balaban J connectivity index is 1.52. The van der Waals surface area contributed by atoms with Crippen molar-refractivity contribution in [3.8, 4) is 5.75 Å². The van der Waals surface area contributed by atoms with Crippen LogP contribution < -0.4 is 10.1 Å². The number of carbonyl (C=O) groups is 2. The molecule has 0 bridgehead atoms. The predicted molar refractivity (Wildman–Crippen MR) is 106 cm³/mol. The van der Waals surface area contributed by atoms with Gasteiger partial charge in [0.05, 0.1) is 13.2 Å². The molecule has 3 aliphatic rings. The number of carbonyl (C=O) groups excluding carboxylic acids is 2. The summed E-state index contributed by atoms with van der Waals surface area (Å²) in [5.74, 6) is 0.432. The number of halogens is 1. The van der Waals surface area contributed by atoms with E-state index in [1.54, 1.807) is 12.1 Å². The van der Waals surface area contributed by atoms with Gasteiger partial charge in [0.2, 0.25) is 0 Å². The highest BCUT2D eigenvalue weighted by atomic mass is 35.5. The van der Waals surface area contributed by atoms with Gasteiger partial charge in [0.15, 0.2) is 6.79 Å². The molecule has 6 nitrogen and oxygen atoms in total. The van der Waals surface area contributed by atoms with E-state index in [9.17, 15) is 9.59 Å². The fraction of sp³-hybridized carbons (Fsp3) is 0.364. The van der Waals surface area contributed by atoms with E-state index in [2.05, 4.69) is 5.32 Å². The van der Waals surface area contributed by atoms with Crippen molar-refractivity contribution in [2.45, 2.75) is 44.4 Å². The smallest absolute Gasteiger partial charge is 0.325 e. The van der Waals surface area contributed by atoms with Gasteiger partial charge in [-0.1, -0.05) is 35.9 Å². The van der Waals surface area contributed by atoms with E-state index in [1.807, 2.05) is 24.3 Å². The van der Waals surface area contributed by atoms with E-state index in [-0.39, 0.29) is 25.3 Å². The standard InChI is InChI=1S/C22H21ClN2O4/c23-17-9-15(19-16(10-17)12-28-13-29-19)11-25-20(26)22(24-21(25)27)8-4-3-6-14-5-1-2-7-18(14)22/h1-2,5,7,9-10H,3-4,6,8,11-13H2,(H,24,27)/t22-/m0/s1. The highest BCUT2D eigenvalue weighted by Crippen LogP contribution is 2.40. The summed E-state index contributed by atoms with van der Waals surface area (Å²) >= 11 is 6.26. The zero-order valence-corrected chi connectivity index (χ0v) is 16.6. The van der Waals surface area contributed by atoms with Gasteiger partial charge in [-0.25, -0.2) is 4.79 Å². The molecule has 2 heterocycles. The minimum atomic E-state index is -0.993. The number of aryl methyl sites for hydroxylation is 1. The minimum Gasteiger partial charge on any atom is -0.467 e. The molecule has 1 saturated heterocycles. The van der Waals surface area contributed by atoms with Crippen molar-refractivity contribution >= 4 is 23.5 Å². The van der Waals surface area contributed by atoms with Crippen LogP contribution in [0.5, 0.6) is 5.75 Å². The Bertz CT molecular complexity index is 1010. The molecule has 1 atom stereocenters. The maximum Gasteiger partial charge on any atom is 0.325 e. The third kappa shape index (κ3) is 2.98. The van der Waals surface area contributed by atoms with Gasteiger partial charge in [0.1, 0.15) is 11.3 Å². The first kappa shape index (κ1) is 18.5. The van der Waals surface area contributed by atoms with Gasteiger partial charge in [0.25, 0.3) is 5.91 Å². The maximum atomic E-state index is 13.6. The molecule has 2 aromatic rings. The summed E-state index contributed by atoms with van der Waals surface area (Å²) in [5.41, 5.74) is 2.57. The molecule has 2 aromatic carbocycles. The number of imide groups is 1. The normalized spacial score (nSPS) is 23.3. The average molecular weight is 413 g/mol. The van der Waals surface area contributed by atoms with E-state index >= 15 is 0 Å². The van der Waals surface area contributed by atoms with Crippen LogP contribution in [0, 0.1) is 0 Å². The number of hydrogen-bond acceptors (Lipinski definition) is 4. The summed E-state index contributed by atoms with van der Waals surface area (Å²) in [6.07, 6.45) is 3.39. The van der Waals surface area contributed by atoms with Crippen LogP contribution >= 0.6 is 11.6 Å². The third-order valence-electron chi connectivity index (χ3n) is 5.98. The average Bonchev–Trinajstić information content (AvgIpc) is 2.86. The van der Waals surface area contributed by atoms with Gasteiger partial charge in [0, 0.05) is 16.1 Å². The second-order valence-corrected chi connectivity index (χ2v) is 8.19. The maximum absolute atomic E-state index is 13.6. The van der Waals surface area contributed by atoms with Crippen molar-refractivity contribution in [1.82, 2.24) is 10.2 Å². The summed E-state index contributed by atoms with van der Waals surface area (Å²) in [6, 6.07) is 11.1. The van der Waals surface area contributed by atoms with Crippen LogP contribution in [-0.4, -0.2) is 23.6 Å². The first-order chi connectivity index (χ1) is 14.1. The van der Waals surface area contributed by atoms with Crippen LogP contribution in [0.2, 0.25) is 5.02 Å². The van der Waals surface area contributed by atoms with Gasteiger partial charge >= 0.3 is 6.03 Å². The van der Waals surface area contributed by atoms with E-state index in [0.29, 0.717) is 29.4 Å². The van der Waals surface area contributed by atoms with Gasteiger partial charge in [-0.15, -0.1) is 0 Å². The summed E-state index contributed by atoms with van der Waals surface area (Å²) in [6.45, 7) is 0.636. The topological polar surface area (TPSA) is 67.9 Å². The molecular weight excluding hydrogens is 392 g/mol. The zero-order valence-electron chi connectivity index (χ0n) is 15.9. The molecule has 150 valence electrons. The zero-order chi connectivity index (χ0) is 20.0. The predicted octanol–water partition coefficient (Wildman–Crippen LogP) is 3.88. The van der Waals surface area contributed by atoms with Crippen LogP contribution in [0.4, 0.5) is 4.79 Å². The van der Waals surface area contributed by atoms with Gasteiger partial charge in [-0.3, -0.25) is 9.69 Å². The summed E-state index contributed by atoms with van der Waals surface area (Å²) in [7, 11) is 0. The first-order valence-electron chi connectivity index (χ1n) is 9.83. The number of nitrogens with one attached hydrogen (secondary N) is 1. The molecule has 29 heavy (non-hydrogen) atoms. The highest BCUT2D eigenvalue weighted by Gasteiger charge is 2.53. The minimum absolute atomic E-state index is 0.109. The molecule has 1 aliphatic carbocycles. The molecule has 0 unspecified atom stereocenters. The number of fused-ring (bicyclic) bond motifs is 3. The Kier molecular flexibility index (Phi) is 4.48. The molecule has 1 N–H and O–H groups in total. The summed E-state index contributed by atoms with van der Waals surface area (Å²) < 4.78 is 11.0. The number of urea groups is 1. The summed E-state index contributed by atoms with van der Waals surface area (Å²) in [4.78, 5) is 27.8. The second kappa shape index (κ2) is 7.04. The van der Waals surface area contributed by atoms with Crippen molar-refractivity contribution in [3.63, 3.8) is 0 Å². The number of ether oxygens (including phenoxy) is 2. The Morgan fingerprint density at radius 3 is 2.90 bits per heavy atom. The van der Waals surface area contributed by atoms with Crippen molar-refractivity contribution in [2.24, 2.45) is 0 Å². The van der Waals surface area contributed by atoms with Gasteiger partial charge in [-0.2, -0.15) is 0 Å². The van der Waals surface area contributed by atoms with Gasteiger partial charge in [-0.05, 0) is 48.9 Å². The monoisotopic (exact) mass is 412 g/mol. The Hall–Kier alpha value is -2.57. The molecule has 3 amide bonds.